The molecule has 25 heavy (non-hydrogen) atoms. The Kier molecular flexibility index (Phi) is 3.54. The summed E-state index contributed by atoms with van der Waals surface area (Å²) in [5.74, 6) is 0.891. The summed E-state index contributed by atoms with van der Waals surface area (Å²) in [6, 6.07) is 20.4. The van der Waals surface area contributed by atoms with Crippen molar-refractivity contribution in [3.05, 3.63) is 87.1 Å². The minimum absolute atomic E-state index is 0.143. The Morgan fingerprint density at radius 3 is 2.76 bits per heavy atom. The molecule has 2 aliphatic rings. The van der Waals surface area contributed by atoms with Crippen LogP contribution in [-0.4, -0.2) is 10.7 Å². The van der Waals surface area contributed by atoms with Gasteiger partial charge in [-0.1, -0.05) is 48.0 Å². The van der Waals surface area contributed by atoms with E-state index in [1.54, 1.807) is 11.3 Å². The van der Waals surface area contributed by atoms with E-state index in [0.29, 0.717) is 0 Å². The van der Waals surface area contributed by atoms with Crippen molar-refractivity contribution in [2.45, 2.75) is 18.7 Å². The summed E-state index contributed by atoms with van der Waals surface area (Å²) in [5, 5.41) is 9.83. The first-order chi connectivity index (χ1) is 12.3. The third kappa shape index (κ3) is 2.53. The lowest BCUT2D eigenvalue weighted by Crippen LogP contribution is -2.33. The number of rotatable bonds is 2. The molecular weight excluding hydrogens is 352 g/mol. The second kappa shape index (κ2) is 5.90. The van der Waals surface area contributed by atoms with Crippen LogP contribution in [0.1, 0.15) is 34.7 Å². The summed E-state index contributed by atoms with van der Waals surface area (Å²) in [6.07, 6.45) is 0.637. The maximum absolute atomic E-state index is 6.32. The Hall–Kier alpha value is -2.30. The van der Waals surface area contributed by atoms with Gasteiger partial charge in [-0.15, -0.1) is 11.3 Å². The first-order valence-electron chi connectivity index (χ1n) is 8.20. The molecule has 0 saturated heterocycles. The molecule has 2 atom stereocenters. The first-order valence-corrected chi connectivity index (χ1v) is 9.46. The second-order valence-corrected chi connectivity index (χ2v) is 7.57. The van der Waals surface area contributed by atoms with Crippen LogP contribution in [0.2, 0.25) is 5.02 Å². The summed E-state index contributed by atoms with van der Waals surface area (Å²) >= 11 is 7.97. The van der Waals surface area contributed by atoms with Crippen molar-refractivity contribution in [1.29, 1.82) is 0 Å². The molecule has 1 aromatic heterocycles. The molecule has 0 N–H and O–H groups in total. The number of hydrazone groups is 1. The Morgan fingerprint density at radius 1 is 1.08 bits per heavy atom. The highest BCUT2D eigenvalue weighted by molar-refractivity contribution is 7.12. The normalized spacial score (nSPS) is 21.3. The third-order valence-corrected chi connectivity index (χ3v) is 5.80. The van der Waals surface area contributed by atoms with E-state index in [1.807, 2.05) is 36.4 Å². The van der Waals surface area contributed by atoms with E-state index in [-0.39, 0.29) is 12.3 Å². The van der Waals surface area contributed by atoms with Crippen LogP contribution in [-0.2, 0) is 0 Å². The van der Waals surface area contributed by atoms with Gasteiger partial charge in [0.05, 0.1) is 16.6 Å². The van der Waals surface area contributed by atoms with Crippen molar-refractivity contribution >= 4 is 28.6 Å². The van der Waals surface area contributed by atoms with Crippen molar-refractivity contribution in [2.24, 2.45) is 5.10 Å². The summed E-state index contributed by atoms with van der Waals surface area (Å²) in [4.78, 5) is 1.21. The monoisotopic (exact) mass is 366 g/mol. The lowest BCUT2D eigenvalue weighted by molar-refractivity contribution is -0.0190. The number of halogens is 1. The van der Waals surface area contributed by atoms with E-state index >= 15 is 0 Å². The van der Waals surface area contributed by atoms with Crippen LogP contribution in [0.15, 0.2) is 71.1 Å². The van der Waals surface area contributed by atoms with Crippen molar-refractivity contribution in [3.8, 4) is 5.75 Å². The molecule has 3 aromatic rings. The van der Waals surface area contributed by atoms with Gasteiger partial charge in [0.1, 0.15) is 5.75 Å². The zero-order valence-electron chi connectivity index (χ0n) is 13.3. The van der Waals surface area contributed by atoms with Crippen LogP contribution in [0.25, 0.3) is 0 Å². The molecule has 0 fully saturated rings. The topological polar surface area (TPSA) is 24.8 Å². The largest absolute Gasteiger partial charge is 0.464 e. The van der Waals surface area contributed by atoms with Crippen molar-refractivity contribution in [3.63, 3.8) is 0 Å². The molecule has 0 bridgehead atoms. The Bertz CT molecular complexity index is 940. The number of ether oxygens (including phenoxy) is 1. The maximum Gasteiger partial charge on any atom is 0.213 e. The van der Waals surface area contributed by atoms with Gasteiger partial charge in [0.15, 0.2) is 0 Å². The fourth-order valence-corrected chi connectivity index (χ4v) is 4.39. The van der Waals surface area contributed by atoms with Gasteiger partial charge in [0.2, 0.25) is 6.23 Å². The van der Waals surface area contributed by atoms with Crippen molar-refractivity contribution in [2.75, 3.05) is 0 Å². The van der Waals surface area contributed by atoms with Crippen molar-refractivity contribution < 1.29 is 4.74 Å². The Morgan fingerprint density at radius 2 is 1.96 bits per heavy atom. The van der Waals surface area contributed by atoms with Gasteiger partial charge in [0.25, 0.3) is 0 Å². The average Bonchev–Trinajstić information content (AvgIpc) is 3.31. The highest BCUT2D eigenvalue weighted by Crippen LogP contribution is 2.48. The van der Waals surface area contributed by atoms with E-state index in [2.05, 4.69) is 34.7 Å². The van der Waals surface area contributed by atoms with Crippen LogP contribution < -0.4 is 4.74 Å². The Balaban J connectivity index is 1.62. The number of nitrogens with zero attached hydrogens (tertiary/aromatic N) is 2. The van der Waals surface area contributed by atoms with Crippen LogP contribution in [0.3, 0.4) is 0 Å². The molecule has 0 aliphatic carbocycles. The number of hydrogen-bond donors (Lipinski definition) is 0. The number of hydrogen-bond acceptors (Lipinski definition) is 4. The van der Waals surface area contributed by atoms with Crippen LogP contribution in [0, 0.1) is 0 Å². The number of benzene rings is 2. The molecule has 124 valence electrons. The zero-order chi connectivity index (χ0) is 16.8. The molecule has 0 spiro atoms. The van der Waals surface area contributed by atoms with E-state index in [0.717, 1.165) is 34.0 Å². The second-order valence-electron chi connectivity index (χ2n) is 6.19. The van der Waals surface area contributed by atoms with Gasteiger partial charge in [-0.25, -0.2) is 5.01 Å². The van der Waals surface area contributed by atoms with E-state index in [9.17, 15) is 0 Å². The summed E-state index contributed by atoms with van der Waals surface area (Å²) in [5.41, 5.74) is 3.32. The van der Waals surface area contributed by atoms with E-state index < -0.39 is 0 Å². The number of thiophene rings is 1. The van der Waals surface area contributed by atoms with Crippen LogP contribution >= 0.6 is 22.9 Å². The summed E-state index contributed by atoms with van der Waals surface area (Å²) < 4.78 is 6.32. The van der Waals surface area contributed by atoms with E-state index in [4.69, 9.17) is 21.4 Å². The fourth-order valence-electron chi connectivity index (χ4n) is 3.49. The Labute approximate surface area is 155 Å². The molecule has 0 radical (unpaired) electrons. The SMILES string of the molecule is Clc1ccc2c(c1)[C@H]1CC(c3cccs3)=NN1[C@@H](c1ccccc1)O2. The summed E-state index contributed by atoms with van der Waals surface area (Å²) in [7, 11) is 0. The average molecular weight is 367 g/mol. The lowest BCUT2D eigenvalue weighted by Gasteiger charge is -2.38. The molecule has 0 unspecified atom stereocenters. The predicted molar refractivity (Wildman–Crippen MR) is 101 cm³/mol. The predicted octanol–water partition coefficient (Wildman–Crippen LogP) is 5.64. The van der Waals surface area contributed by atoms with Crippen LogP contribution in [0.4, 0.5) is 0 Å². The highest BCUT2D eigenvalue weighted by atomic mass is 35.5. The van der Waals surface area contributed by atoms with Crippen molar-refractivity contribution in [1.82, 2.24) is 5.01 Å². The van der Waals surface area contributed by atoms with Gasteiger partial charge in [-0.3, -0.25) is 0 Å². The molecule has 3 nitrogen and oxygen atoms in total. The van der Waals surface area contributed by atoms with Gasteiger partial charge >= 0.3 is 0 Å². The zero-order valence-corrected chi connectivity index (χ0v) is 14.9. The van der Waals surface area contributed by atoms with Crippen LogP contribution in [0.5, 0.6) is 5.75 Å². The molecule has 2 aromatic carbocycles. The molecule has 5 heteroatoms. The van der Waals surface area contributed by atoms with Gasteiger partial charge in [-0.2, -0.15) is 5.10 Å². The minimum atomic E-state index is -0.225. The quantitative estimate of drug-likeness (QED) is 0.586. The first kappa shape index (κ1) is 15.0. The summed E-state index contributed by atoms with van der Waals surface area (Å²) in [6.45, 7) is 0. The molecule has 5 rings (SSSR count). The smallest absolute Gasteiger partial charge is 0.213 e. The van der Waals surface area contributed by atoms with Gasteiger partial charge in [0, 0.05) is 22.6 Å². The molecular formula is C20H15ClN2OS. The highest BCUT2D eigenvalue weighted by Gasteiger charge is 2.41. The van der Waals surface area contributed by atoms with Gasteiger partial charge in [-0.05, 0) is 29.6 Å². The third-order valence-electron chi connectivity index (χ3n) is 4.64. The fraction of sp³-hybridized carbons (Fsp3) is 0.150. The maximum atomic E-state index is 6.32. The minimum Gasteiger partial charge on any atom is -0.464 e. The standard InChI is InChI=1S/C20H15ClN2OS/c21-14-8-9-18-15(11-14)17-12-16(19-7-4-10-25-19)22-23(17)20(24-18)13-5-2-1-3-6-13/h1-11,17,20H,12H2/t17-,20-/m1/s1. The molecule has 3 heterocycles. The lowest BCUT2D eigenvalue weighted by atomic mass is 9.97. The molecule has 0 amide bonds. The number of fused-ring (bicyclic) bond motifs is 3. The molecule has 2 aliphatic heterocycles. The molecule has 0 saturated carbocycles. The van der Waals surface area contributed by atoms with E-state index in [1.165, 1.54) is 4.88 Å². The van der Waals surface area contributed by atoms with Gasteiger partial charge < -0.3 is 4.74 Å².